The van der Waals surface area contributed by atoms with Crippen molar-refractivity contribution in [2.24, 2.45) is 0 Å². The van der Waals surface area contributed by atoms with E-state index >= 15 is 0 Å². The lowest BCUT2D eigenvalue weighted by molar-refractivity contribution is -0.143. The molecule has 1 aliphatic heterocycles. The summed E-state index contributed by atoms with van der Waals surface area (Å²) in [6.07, 6.45) is -0.280. The number of hydrogen-bond donors (Lipinski definition) is 2. The first kappa shape index (κ1) is 17.5. The van der Waals surface area contributed by atoms with Gasteiger partial charge in [-0.15, -0.1) is 0 Å². The van der Waals surface area contributed by atoms with Gasteiger partial charge in [-0.25, -0.2) is 14.4 Å². The van der Waals surface area contributed by atoms with Crippen molar-refractivity contribution >= 4 is 18.0 Å². The number of ether oxygens (including phenoxy) is 2. The Hall–Kier alpha value is -2.83. The Morgan fingerprint density at radius 2 is 1.75 bits per heavy atom. The maximum absolute atomic E-state index is 12.4. The molecular weight excluding hydrogens is 312 g/mol. The van der Waals surface area contributed by atoms with Gasteiger partial charge in [0.15, 0.2) is 0 Å². The quantitative estimate of drug-likeness (QED) is 0.823. The fraction of sp³-hybridized carbons (Fsp3) is 0.353. The van der Waals surface area contributed by atoms with E-state index in [4.69, 9.17) is 4.74 Å². The summed E-state index contributed by atoms with van der Waals surface area (Å²) >= 11 is 0. The fourth-order valence-electron chi connectivity index (χ4n) is 2.42. The highest BCUT2D eigenvalue weighted by molar-refractivity contribution is 5.95. The monoisotopic (exact) mass is 332 g/mol. The normalized spacial score (nSPS) is 17.2. The molecule has 24 heavy (non-hydrogen) atoms. The van der Waals surface area contributed by atoms with Crippen LogP contribution in [-0.2, 0) is 14.3 Å². The summed E-state index contributed by atoms with van der Waals surface area (Å²) in [6, 6.07) is 5.43. The molecule has 0 aliphatic carbocycles. The summed E-state index contributed by atoms with van der Waals surface area (Å²) in [4.78, 5) is 35.7. The smallest absolute Gasteiger partial charge is 0.338 e. The fourth-order valence-corrected chi connectivity index (χ4v) is 2.42. The minimum atomic E-state index is -0.656. The molecule has 7 nitrogen and oxygen atoms in total. The van der Waals surface area contributed by atoms with Gasteiger partial charge in [-0.05, 0) is 38.5 Å². The van der Waals surface area contributed by atoms with Crippen molar-refractivity contribution in [1.82, 2.24) is 10.6 Å². The van der Waals surface area contributed by atoms with Crippen molar-refractivity contribution < 1.29 is 23.9 Å². The average Bonchev–Trinajstić information content (AvgIpc) is 2.52. The Bertz CT molecular complexity index is 691. The van der Waals surface area contributed by atoms with E-state index in [1.54, 1.807) is 45.0 Å². The highest BCUT2D eigenvalue weighted by Gasteiger charge is 2.32. The largest absolute Gasteiger partial charge is 0.465 e. The molecule has 1 heterocycles. The Morgan fingerprint density at radius 3 is 2.29 bits per heavy atom. The minimum Gasteiger partial charge on any atom is -0.465 e. The first-order chi connectivity index (χ1) is 11.3. The molecule has 1 aromatic carbocycles. The highest BCUT2D eigenvalue weighted by Crippen LogP contribution is 2.28. The molecule has 0 saturated carbocycles. The molecule has 0 saturated heterocycles. The Morgan fingerprint density at radius 1 is 1.12 bits per heavy atom. The SMILES string of the molecule is COC(=O)c1ccc(C2NC(=O)NC(C)=C2C(=O)OC(C)C)cc1. The van der Waals surface area contributed by atoms with Crippen LogP contribution in [-0.4, -0.2) is 31.2 Å². The third kappa shape index (κ3) is 3.73. The summed E-state index contributed by atoms with van der Waals surface area (Å²) in [7, 11) is 1.30. The van der Waals surface area contributed by atoms with Crippen LogP contribution in [0.1, 0.15) is 42.7 Å². The second-order valence-corrected chi connectivity index (χ2v) is 5.64. The van der Waals surface area contributed by atoms with Crippen molar-refractivity contribution in [1.29, 1.82) is 0 Å². The van der Waals surface area contributed by atoms with Crippen LogP contribution >= 0.6 is 0 Å². The topological polar surface area (TPSA) is 93.7 Å². The molecule has 0 aromatic heterocycles. The maximum atomic E-state index is 12.4. The standard InChI is InChI=1S/C17H20N2O5/c1-9(2)24-16(21)13-10(3)18-17(22)19-14(13)11-5-7-12(8-6-11)15(20)23-4/h5-9,14H,1-4H3,(H2,18,19,22). The van der Waals surface area contributed by atoms with E-state index in [0.29, 0.717) is 22.4 Å². The number of carbonyl (C=O) groups excluding carboxylic acids is 3. The molecule has 0 fully saturated rings. The molecule has 1 aliphatic rings. The molecule has 1 atom stereocenters. The predicted octanol–water partition coefficient (Wildman–Crippen LogP) is 2.05. The molecule has 128 valence electrons. The Balaban J connectivity index is 2.37. The van der Waals surface area contributed by atoms with E-state index in [0.717, 1.165) is 0 Å². The van der Waals surface area contributed by atoms with E-state index < -0.39 is 24.0 Å². The summed E-state index contributed by atoms with van der Waals surface area (Å²) in [5.41, 5.74) is 1.81. The van der Waals surface area contributed by atoms with Crippen molar-refractivity contribution in [3.05, 3.63) is 46.7 Å². The van der Waals surface area contributed by atoms with Crippen molar-refractivity contribution in [3.8, 4) is 0 Å². The van der Waals surface area contributed by atoms with Gasteiger partial charge in [-0.3, -0.25) is 0 Å². The van der Waals surface area contributed by atoms with Crippen LogP contribution in [0.5, 0.6) is 0 Å². The van der Waals surface area contributed by atoms with E-state index in [1.165, 1.54) is 7.11 Å². The lowest BCUT2D eigenvalue weighted by Crippen LogP contribution is -2.45. The number of amides is 2. The summed E-state index contributed by atoms with van der Waals surface area (Å²) in [6.45, 7) is 5.15. The molecule has 7 heteroatoms. The number of allylic oxidation sites excluding steroid dienone is 1. The van der Waals surface area contributed by atoms with Gasteiger partial charge in [0.2, 0.25) is 0 Å². The van der Waals surface area contributed by atoms with Crippen LogP contribution in [0, 0.1) is 0 Å². The number of esters is 2. The van der Waals surface area contributed by atoms with Crippen molar-refractivity contribution in [2.45, 2.75) is 32.9 Å². The molecule has 2 N–H and O–H groups in total. The summed E-state index contributed by atoms with van der Waals surface area (Å²) < 4.78 is 9.92. The molecular formula is C17H20N2O5. The lowest BCUT2D eigenvalue weighted by Gasteiger charge is -2.28. The summed E-state index contributed by atoms with van der Waals surface area (Å²) in [5, 5.41) is 5.28. The van der Waals surface area contributed by atoms with Crippen LogP contribution in [0.3, 0.4) is 0 Å². The number of urea groups is 1. The number of hydrogen-bond acceptors (Lipinski definition) is 5. The van der Waals surface area contributed by atoms with Gasteiger partial charge in [0.05, 0.1) is 30.4 Å². The van der Waals surface area contributed by atoms with Crippen LogP contribution < -0.4 is 10.6 Å². The van der Waals surface area contributed by atoms with Crippen LogP contribution in [0.15, 0.2) is 35.5 Å². The molecule has 1 aromatic rings. The predicted molar refractivity (Wildman–Crippen MR) is 86.1 cm³/mol. The zero-order chi connectivity index (χ0) is 17.9. The van der Waals surface area contributed by atoms with Crippen molar-refractivity contribution in [2.75, 3.05) is 7.11 Å². The lowest BCUT2D eigenvalue weighted by atomic mass is 9.95. The van der Waals surface area contributed by atoms with E-state index in [9.17, 15) is 14.4 Å². The number of nitrogens with one attached hydrogen (secondary N) is 2. The number of rotatable bonds is 4. The second-order valence-electron chi connectivity index (χ2n) is 5.64. The van der Waals surface area contributed by atoms with E-state index in [-0.39, 0.29) is 6.10 Å². The van der Waals surface area contributed by atoms with Crippen LogP contribution in [0.2, 0.25) is 0 Å². The number of carbonyl (C=O) groups is 3. The van der Waals surface area contributed by atoms with Gasteiger partial charge in [-0.2, -0.15) is 0 Å². The first-order valence-corrected chi connectivity index (χ1v) is 7.51. The van der Waals surface area contributed by atoms with Gasteiger partial charge < -0.3 is 20.1 Å². The molecule has 0 spiro atoms. The van der Waals surface area contributed by atoms with Gasteiger partial charge in [-0.1, -0.05) is 12.1 Å². The van der Waals surface area contributed by atoms with E-state index in [2.05, 4.69) is 15.4 Å². The molecule has 2 rings (SSSR count). The highest BCUT2D eigenvalue weighted by atomic mass is 16.5. The summed E-state index contributed by atoms with van der Waals surface area (Å²) in [5.74, 6) is -0.959. The molecule has 1 unspecified atom stereocenters. The third-order valence-electron chi connectivity index (χ3n) is 3.50. The van der Waals surface area contributed by atoms with Crippen molar-refractivity contribution in [3.63, 3.8) is 0 Å². The molecule has 2 amide bonds. The van der Waals surface area contributed by atoms with Gasteiger partial charge >= 0.3 is 18.0 Å². The number of benzene rings is 1. The maximum Gasteiger partial charge on any atom is 0.338 e. The van der Waals surface area contributed by atoms with Gasteiger partial charge in [0, 0.05) is 5.70 Å². The van der Waals surface area contributed by atoms with Crippen LogP contribution in [0.4, 0.5) is 4.79 Å². The Labute approximate surface area is 140 Å². The van der Waals surface area contributed by atoms with E-state index in [1.807, 2.05) is 0 Å². The minimum absolute atomic E-state index is 0.280. The zero-order valence-corrected chi connectivity index (χ0v) is 14.0. The molecule has 0 bridgehead atoms. The second kappa shape index (κ2) is 7.16. The number of methoxy groups -OCH3 is 1. The average molecular weight is 332 g/mol. The van der Waals surface area contributed by atoms with Crippen LogP contribution in [0.25, 0.3) is 0 Å². The van der Waals surface area contributed by atoms with Gasteiger partial charge in [0.25, 0.3) is 0 Å². The Kier molecular flexibility index (Phi) is 5.23. The van der Waals surface area contributed by atoms with Gasteiger partial charge in [0.1, 0.15) is 0 Å². The zero-order valence-electron chi connectivity index (χ0n) is 14.0. The first-order valence-electron chi connectivity index (χ1n) is 7.51. The molecule has 0 radical (unpaired) electrons. The third-order valence-corrected chi connectivity index (χ3v) is 3.50.